The molecular formula is C12H20N2O6S. The van der Waals surface area contributed by atoms with Crippen molar-refractivity contribution in [3.05, 3.63) is 0 Å². The van der Waals surface area contributed by atoms with Gasteiger partial charge in [-0.15, -0.1) is 0 Å². The summed E-state index contributed by atoms with van der Waals surface area (Å²) in [5.41, 5.74) is -0.625. The van der Waals surface area contributed by atoms with E-state index in [0.717, 1.165) is 0 Å². The van der Waals surface area contributed by atoms with Gasteiger partial charge in [-0.2, -0.15) is 0 Å². The van der Waals surface area contributed by atoms with Crippen molar-refractivity contribution in [2.24, 2.45) is 0 Å². The van der Waals surface area contributed by atoms with E-state index in [1.54, 1.807) is 11.8 Å². The number of carboxylic acids is 1. The first-order valence-corrected chi connectivity index (χ1v) is 8.59. The number of carboxylic acid groups (broad SMARTS) is 1. The predicted molar refractivity (Wildman–Crippen MR) is 73.6 cm³/mol. The molecule has 21 heavy (non-hydrogen) atoms. The van der Waals surface area contributed by atoms with Crippen molar-refractivity contribution in [1.29, 1.82) is 0 Å². The Kier molecular flexibility index (Phi) is 4.54. The van der Waals surface area contributed by atoms with Crippen LogP contribution in [0.2, 0.25) is 0 Å². The molecule has 2 aliphatic heterocycles. The van der Waals surface area contributed by atoms with E-state index in [0.29, 0.717) is 19.6 Å². The van der Waals surface area contributed by atoms with Crippen LogP contribution in [0.1, 0.15) is 13.3 Å². The van der Waals surface area contributed by atoms with Gasteiger partial charge in [0.05, 0.1) is 24.6 Å². The second-order valence-electron chi connectivity index (χ2n) is 5.85. The van der Waals surface area contributed by atoms with Gasteiger partial charge in [-0.1, -0.05) is 0 Å². The Balaban J connectivity index is 1.77. The molecule has 2 fully saturated rings. The third kappa shape index (κ3) is 4.39. The molecule has 0 saturated carbocycles. The molecule has 0 spiro atoms. The molecule has 8 nitrogen and oxygen atoms in total. The first-order chi connectivity index (χ1) is 9.69. The van der Waals surface area contributed by atoms with Crippen LogP contribution in [0.3, 0.4) is 0 Å². The number of aliphatic carboxylic acids is 1. The van der Waals surface area contributed by atoms with Crippen LogP contribution in [0.4, 0.5) is 0 Å². The van der Waals surface area contributed by atoms with E-state index < -0.39 is 21.4 Å². The average molecular weight is 320 g/mol. The molecule has 1 unspecified atom stereocenters. The zero-order valence-electron chi connectivity index (χ0n) is 11.9. The Morgan fingerprint density at radius 3 is 2.67 bits per heavy atom. The monoisotopic (exact) mass is 320 g/mol. The van der Waals surface area contributed by atoms with Crippen LogP contribution in [-0.4, -0.2) is 79.7 Å². The Bertz CT molecular complexity index is 526. The molecule has 9 heteroatoms. The predicted octanol–water partition coefficient (Wildman–Crippen LogP) is -1.53. The lowest BCUT2D eigenvalue weighted by Gasteiger charge is -2.47. The number of rotatable bonds is 5. The molecule has 2 aliphatic rings. The van der Waals surface area contributed by atoms with Gasteiger partial charge in [0, 0.05) is 19.0 Å². The zero-order valence-corrected chi connectivity index (χ0v) is 12.7. The number of hydrogen-bond acceptors (Lipinski definition) is 6. The van der Waals surface area contributed by atoms with E-state index in [9.17, 15) is 18.0 Å². The summed E-state index contributed by atoms with van der Waals surface area (Å²) in [4.78, 5) is 24.1. The Hall–Kier alpha value is -1.19. The van der Waals surface area contributed by atoms with Gasteiger partial charge in [-0.25, -0.2) is 13.2 Å². The van der Waals surface area contributed by atoms with Crippen molar-refractivity contribution in [2.75, 3.05) is 37.7 Å². The summed E-state index contributed by atoms with van der Waals surface area (Å²) in [5, 5.41) is 11.6. The molecule has 2 rings (SSSR count). The number of amides is 1. The minimum absolute atomic E-state index is 0.0145. The lowest BCUT2D eigenvalue weighted by atomic mass is 9.95. The van der Waals surface area contributed by atoms with Gasteiger partial charge in [0.2, 0.25) is 5.91 Å². The Morgan fingerprint density at radius 1 is 1.43 bits per heavy atom. The van der Waals surface area contributed by atoms with Crippen LogP contribution in [0, 0.1) is 0 Å². The lowest BCUT2D eigenvalue weighted by molar-refractivity contribution is -0.173. The number of likely N-dealkylation sites (tertiary alicyclic amines) is 1. The maximum absolute atomic E-state index is 12.0. The molecule has 0 bridgehead atoms. The molecule has 0 aromatic carbocycles. The topological polar surface area (TPSA) is 113 Å². The third-order valence-electron chi connectivity index (χ3n) is 3.67. The molecule has 2 heterocycles. The highest BCUT2D eigenvalue weighted by Gasteiger charge is 2.43. The van der Waals surface area contributed by atoms with Crippen LogP contribution >= 0.6 is 0 Å². The highest BCUT2D eigenvalue weighted by molar-refractivity contribution is 7.91. The van der Waals surface area contributed by atoms with E-state index in [-0.39, 0.29) is 36.5 Å². The fourth-order valence-electron chi connectivity index (χ4n) is 2.60. The van der Waals surface area contributed by atoms with Gasteiger partial charge in [-0.05, 0) is 6.92 Å². The normalized spacial score (nSPS) is 26.9. The largest absolute Gasteiger partial charge is 0.480 e. The van der Waals surface area contributed by atoms with Crippen molar-refractivity contribution >= 4 is 21.7 Å². The molecule has 0 radical (unpaired) electrons. The highest BCUT2D eigenvalue weighted by atomic mass is 32.2. The highest BCUT2D eigenvalue weighted by Crippen LogP contribution is 2.25. The standard InChI is InChI=1S/C12H20N2O6S/c1-12(20-5-11(16)17)7-14(8-12)10(15)4-9-6-21(18,19)3-2-13-9/h9,13H,2-8H2,1H3,(H,16,17). The van der Waals surface area contributed by atoms with Crippen molar-refractivity contribution in [2.45, 2.75) is 25.0 Å². The SMILES string of the molecule is CC1(OCC(=O)O)CN(C(=O)CC2CS(=O)(=O)CCN2)C1. The van der Waals surface area contributed by atoms with Crippen LogP contribution in [-0.2, 0) is 24.2 Å². The molecule has 1 amide bonds. The summed E-state index contributed by atoms with van der Waals surface area (Å²) in [5.74, 6) is -1.08. The number of nitrogens with zero attached hydrogens (tertiary/aromatic N) is 1. The molecule has 0 aromatic heterocycles. The van der Waals surface area contributed by atoms with E-state index in [1.807, 2.05) is 0 Å². The van der Waals surface area contributed by atoms with Gasteiger partial charge in [-0.3, -0.25) is 4.79 Å². The zero-order chi connectivity index (χ0) is 15.7. The van der Waals surface area contributed by atoms with Crippen LogP contribution < -0.4 is 5.32 Å². The average Bonchev–Trinajstić information content (AvgIpc) is 2.31. The third-order valence-corrected chi connectivity index (χ3v) is 5.41. The molecule has 0 aliphatic carbocycles. The number of ether oxygens (including phenoxy) is 1. The quantitative estimate of drug-likeness (QED) is 0.631. The van der Waals surface area contributed by atoms with Gasteiger partial charge in [0.25, 0.3) is 0 Å². The van der Waals surface area contributed by atoms with E-state index in [2.05, 4.69) is 5.32 Å². The first kappa shape index (κ1) is 16.2. The molecule has 120 valence electrons. The number of sulfone groups is 1. The smallest absolute Gasteiger partial charge is 0.329 e. The Labute approximate surface area is 123 Å². The fraction of sp³-hybridized carbons (Fsp3) is 0.833. The maximum atomic E-state index is 12.0. The minimum atomic E-state index is -3.06. The first-order valence-electron chi connectivity index (χ1n) is 6.76. The maximum Gasteiger partial charge on any atom is 0.329 e. The molecule has 2 N–H and O–H groups in total. The molecule has 2 saturated heterocycles. The second-order valence-corrected chi connectivity index (χ2v) is 8.08. The summed E-state index contributed by atoms with van der Waals surface area (Å²) in [6.07, 6.45) is 0.133. The minimum Gasteiger partial charge on any atom is -0.480 e. The number of hydrogen-bond donors (Lipinski definition) is 2. The summed E-state index contributed by atoms with van der Waals surface area (Å²) in [6, 6.07) is -0.344. The van der Waals surface area contributed by atoms with Crippen molar-refractivity contribution < 1.29 is 27.9 Å². The summed E-state index contributed by atoms with van der Waals surface area (Å²) >= 11 is 0. The molecular weight excluding hydrogens is 300 g/mol. The summed E-state index contributed by atoms with van der Waals surface area (Å²) in [7, 11) is -3.06. The second kappa shape index (κ2) is 5.90. The van der Waals surface area contributed by atoms with E-state index in [1.165, 1.54) is 0 Å². The van der Waals surface area contributed by atoms with Crippen LogP contribution in [0.25, 0.3) is 0 Å². The van der Waals surface area contributed by atoms with E-state index in [4.69, 9.17) is 9.84 Å². The Morgan fingerprint density at radius 2 is 2.10 bits per heavy atom. The van der Waals surface area contributed by atoms with Gasteiger partial charge in [0.1, 0.15) is 12.2 Å². The number of carbonyl (C=O) groups excluding carboxylic acids is 1. The molecule has 1 atom stereocenters. The van der Waals surface area contributed by atoms with Gasteiger partial charge >= 0.3 is 5.97 Å². The number of nitrogens with one attached hydrogen (secondary N) is 1. The lowest BCUT2D eigenvalue weighted by Crippen LogP contribution is -2.64. The van der Waals surface area contributed by atoms with Crippen molar-refractivity contribution in [1.82, 2.24) is 10.2 Å². The summed E-state index contributed by atoms with van der Waals surface area (Å²) in [6.45, 7) is 2.40. The van der Waals surface area contributed by atoms with Crippen molar-refractivity contribution in [3.63, 3.8) is 0 Å². The van der Waals surface area contributed by atoms with Crippen LogP contribution in [0.5, 0.6) is 0 Å². The van der Waals surface area contributed by atoms with E-state index >= 15 is 0 Å². The fourth-order valence-corrected chi connectivity index (χ4v) is 4.05. The van der Waals surface area contributed by atoms with Crippen molar-refractivity contribution in [3.8, 4) is 0 Å². The number of carbonyl (C=O) groups is 2. The van der Waals surface area contributed by atoms with Gasteiger partial charge < -0.3 is 20.1 Å². The summed E-state index contributed by atoms with van der Waals surface area (Å²) < 4.78 is 28.2. The van der Waals surface area contributed by atoms with Gasteiger partial charge in [0.15, 0.2) is 9.84 Å². The molecule has 0 aromatic rings. The van der Waals surface area contributed by atoms with Crippen LogP contribution in [0.15, 0.2) is 0 Å².